The van der Waals surface area contributed by atoms with Crippen LogP contribution in [0.15, 0.2) is 48.1 Å². The Morgan fingerprint density at radius 2 is 2.09 bits per heavy atom. The van der Waals surface area contributed by atoms with Crippen LogP contribution in [0.5, 0.6) is 0 Å². The minimum absolute atomic E-state index is 0.144. The number of anilines is 1. The Morgan fingerprint density at radius 1 is 1.26 bits per heavy atom. The number of aryl methyl sites for hydroxylation is 1. The second-order valence-electron chi connectivity index (χ2n) is 4.95. The van der Waals surface area contributed by atoms with Gasteiger partial charge >= 0.3 is 0 Å². The first-order chi connectivity index (χ1) is 11.2. The zero-order chi connectivity index (χ0) is 15.8. The molecule has 0 atom stereocenters. The van der Waals surface area contributed by atoms with Crippen molar-refractivity contribution in [1.29, 1.82) is 0 Å². The zero-order valence-electron chi connectivity index (χ0n) is 12.2. The van der Waals surface area contributed by atoms with Crippen LogP contribution in [0.3, 0.4) is 0 Å². The number of fused-ring (bicyclic) bond motifs is 1. The summed E-state index contributed by atoms with van der Waals surface area (Å²) in [5.74, 6) is -0.144. The van der Waals surface area contributed by atoms with E-state index in [-0.39, 0.29) is 5.91 Å². The van der Waals surface area contributed by atoms with Crippen LogP contribution >= 0.6 is 22.7 Å². The molecule has 1 N–H and O–H groups in total. The fourth-order valence-electron chi connectivity index (χ4n) is 2.35. The lowest BCUT2D eigenvalue weighted by atomic mass is 10.2. The summed E-state index contributed by atoms with van der Waals surface area (Å²) >= 11 is 2.79. The molecule has 0 aliphatic carbocycles. The molecule has 0 saturated heterocycles. The van der Waals surface area contributed by atoms with Crippen molar-refractivity contribution < 1.29 is 4.79 Å². The Bertz CT molecular complexity index is 971. The van der Waals surface area contributed by atoms with Crippen molar-refractivity contribution in [2.45, 2.75) is 6.92 Å². The van der Waals surface area contributed by atoms with Gasteiger partial charge in [-0.15, -0.1) is 11.3 Å². The van der Waals surface area contributed by atoms with Gasteiger partial charge in [-0.2, -0.15) is 0 Å². The Hall–Kier alpha value is -2.51. The minimum atomic E-state index is -0.144. The molecule has 5 nitrogen and oxygen atoms in total. The molecule has 4 aromatic rings. The third-order valence-electron chi connectivity index (χ3n) is 3.49. The Labute approximate surface area is 140 Å². The van der Waals surface area contributed by atoms with E-state index in [2.05, 4.69) is 15.3 Å². The average molecular weight is 340 g/mol. The number of carbonyl (C=O) groups excluding carboxylic acids is 1. The van der Waals surface area contributed by atoms with Crippen LogP contribution in [0, 0.1) is 6.92 Å². The lowest BCUT2D eigenvalue weighted by Gasteiger charge is -2.00. The molecule has 0 saturated carbocycles. The molecule has 7 heteroatoms. The van der Waals surface area contributed by atoms with Crippen LogP contribution in [-0.4, -0.2) is 20.3 Å². The van der Waals surface area contributed by atoms with Crippen molar-refractivity contribution in [3.05, 3.63) is 58.7 Å². The second kappa shape index (κ2) is 5.60. The maximum absolute atomic E-state index is 12.4. The highest BCUT2D eigenvalue weighted by molar-refractivity contribution is 7.19. The van der Waals surface area contributed by atoms with Crippen LogP contribution < -0.4 is 5.32 Å². The lowest BCUT2D eigenvalue weighted by molar-refractivity contribution is 0.102. The summed E-state index contributed by atoms with van der Waals surface area (Å²) < 4.78 is 1.96. The summed E-state index contributed by atoms with van der Waals surface area (Å²) in [6, 6.07) is 10.0. The molecular weight excluding hydrogens is 328 g/mol. The molecule has 3 heterocycles. The minimum Gasteiger partial charge on any atom is -0.297 e. The van der Waals surface area contributed by atoms with Gasteiger partial charge in [0.2, 0.25) is 0 Å². The van der Waals surface area contributed by atoms with Crippen molar-refractivity contribution in [2.24, 2.45) is 0 Å². The summed E-state index contributed by atoms with van der Waals surface area (Å²) in [7, 11) is 0. The topological polar surface area (TPSA) is 59.3 Å². The molecule has 0 radical (unpaired) electrons. The van der Waals surface area contributed by atoms with Crippen molar-refractivity contribution in [3.8, 4) is 11.3 Å². The van der Waals surface area contributed by atoms with E-state index in [4.69, 9.17) is 0 Å². The van der Waals surface area contributed by atoms with Crippen molar-refractivity contribution in [3.63, 3.8) is 0 Å². The molecule has 0 bridgehead atoms. The summed E-state index contributed by atoms with van der Waals surface area (Å²) in [6.07, 6.45) is 3.64. The van der Waals surface area contributed by atoms with Crippen LogP contribution in [0.4, 0.5) is 5.13 Å². The fraction of sp³-hybridized carbons (Fsp3) is 0.0625. The number of nitrogens with one attached hydrogen (secondary N) is 1. The van der Waals surface area contributed by atoms with E-state index < -0.39 is 0 Å². The number of aromatic nitrogens is 3. The third-order valence-corrected chi connectivity index (χ3v) is 5.33. The maximum Gasteiger partial charge on any atom is 0.269 e. The number of benzene rings is 1. The highest BCUT2D eigenvalue weighted by Crippen LogP contribution is 2.27. The van der Waals surface area contributed by atoms with E-state index in [0.717, 1.165) is 21.9 Å². The van der Waals surface area contributed by atoms with Crippen LogP contribution in [0.1, 0.15) is 15.4 Å². The van der Waals surface area contributed by atoms with Gasteiger partial charge in [0.25, 0.3) is 5.91 Å². The van der Waals surface area contributed by atoms with Crippen LogP contribution in [-0.2, 0) is 0 Å². The first-order valence-electron chi connectivity index (χ1n) is 6.97. The SMILES string of the molecule is Cc1c(C(=O)Nc2nccs2)sc2nc(-c3ccccc3)cn12. The number of thiazole rings is 2. The number of nitrogens with zero attached hydrogens (tertiary/aromatic N) is 3. The molecule has 4 rings (SSSR count). The molecule has 0 unspecified atom stereocenters. The molecule has 1 amide bonds. The highest BCUT2D eigenvalue weighted by Gasteiger charge is 2.18. The van der Waals surface area contributed by atoms with Crippen LogP contribution in [0.2, 0.25) is 0 Å². The van der Waals surface area contributed by atoms with E-state index in [1.54, 1.807) is 6.20 Å². The van der Waals surface area contributed by atoms with Crippen molar-refractivity contribution >= 4 is 38.7 Å². The molecule has 0 fully saturated rings. The molecule has 0 aliphatic heterocycles. The van der Waals surface area contributed by atoms with Gasteiger partial charge in [0, 0.05) is 29.0 Å². The molecule has 1 aromatic carbocycles. The van der Waals surface area contributed by atoms with E-state index in [0.29, 0.717) is 10.0 Å². The maximum atomic E-state index is 12.4. The number of hydrogen-bond donors (Lipinski definition) is 1. The normalized spacial score (nSPS) is 11.0. The average Bonchev–Trinajstić information content (AvgIpc) is 3.26. The number of carbonyl (C=O) groups is 1. The largest absolute Gasteiger partial charge is 0.297 e. The van der Waals surface area contributed by atoms with E-state index in [9.17, 15) is 4.79 Å². The lowest BCUT2D eigenvalue weighted by Crippen LogP contribution is -2.11. The van der Waals surface area contributed by atoms with E-state index >= 15 is 0 Å². The molecular formula is C16H12N4OS2. The quantitative estimate of drug-likeness (QED) is 0.611. The van der Waals surface area contributed by atoms with Gasteiger partial charge in [-0.25, -0.2) is 9.97 Å². The number of hydrogen-bond acceptors (Lipinski definition) is 5. The first kappa shape index (κ1) is 14.1. The predicted molar refractivity (Wildman–Crippen MR) is 93.3 cm³/mol. The van der Waals surface area contributed by atoms with Gasteiger partial charge in [-0.3, -0.25) is 14.5 Å². The van der Waals surface area contributed by atoms with Crippen LogP contribution in [0.25, 0.3) is 16.2 Å². The summed E-state index contributed by atoms with van der Waals surface area (Å²) in [5.41, 5.74) is 2.86. The highest BCUT2D eigenvalue weighted by atomic mass is 32.1. The monoisotopic (exact) mass is 340 g/mol. The van der Waals surface area contributed by atoms with Gasteiger partial charge in [-0.05, 0) is 6.92 Å². The molecule has 23 heavy (non-hydrogen) atoms. The predicted octanol–water partition coefficient (Wildman–Crippen LogP) is 4.08. The first-order valence-corrected chi connectivity index (χ1v) is 8.67. The molecule has 0 aliphatic rings. The molecule has 0 spiro atoms. The number of amides is 1. The van der Waals surface area contributed by atoms with Gasteiger partial charge in [0.15, 0.2) is 10.1 Å². The molecule has 3 aromatic heterocycles. The van der Waals surface area contributed by atoms with Crippen molar-refractivity contribution in [2.75, 3.05) is 5.32 Å². The zero-order valence-corrected chi connectivity index (χ0v) is 13.8. The van der Waals surface area contributed by atoms with Gasteiger partial charge in [0.1, 0.15) is 4.88 Å². The van der Waals surface area contributed by atoms with Gasteiger partial charge in [-0.1, -0.05) is 41.7 Å². The fourth-order valence-corrected chi connectivity index (χ4v) is 3.88. The standard InChI is InChI=1S/C16H12N4OS2/c1-10-13(14(21)19-15-17-7-8-22-15)23-16-18-12(9-20(10)16)11-5-3-2-4-6-11/h2-9H,1H3,(H,17,19,21). The Balaban J connectivity index is 1.69. The van der Waals surface area contributed by atoms with Gasteiger partial charge in [0.05, 0.1) is 5.69 Å². The van der Waals surface area contributed by atoms with E-state index in [1.165, 1.54) is 22.7 Å². The van der Waals surface area contributed by atoms with Gasteiger partial charge < -0.3 is 0 Å². The second-order valence-corrected chi connectivity index (χ2v) is 6.82. The third kappa shape index (κ3) is 2.54. The summed E-state index contributed by atoms with van der Waals surface area (Å²) in [5, 5.41) is 5.25. The number of rotatable bonds is 3. The van der Waals surface area contributed by atoms with E-state index in [1.807, 2.05) is 53.2 Å². The van der Waals surface area contributed by atoms with Crippen molar-refractivity contribution in [1.82, 2.24) is 14.4 Å². The summed E-state index contributed by atoms with van der Waals surface area (Å²) in [6.45, 7) is 1.93. The Morgan fingerprint density at radius 3 is 2.78 bits per heavy atom. The smallest absolute Gasteiger partial charge is 0.269 e. The summed E-state index contributed by atoms with van der Waals surface area (Å²) in [4.78, 5) is 22.6. The number of imidazole rings is 1. The molecule has 114 valence electrons. The Kier molecular flexibility index (Phi) is 3.44.